The summed E-state index contributed by atoms with van der Waals surface area (Å²) in [4.78, 5) is 191. The number of amides is 12. The molecule has 0 radical (unpaired) electrons. The second-order valence-electron chi connectivity index (χ2n) is 26.7. The summed E-state index contributed by atoms with van der Waals surface area (Å²) in [6, 6.07) is 29.1. The van der Waals surface area contributed by atoms with Crippen molar-refractivity contribution in [2.24, 2.45) is 5.92 Å². The van der Waals surface area contributed by atoms with E-state index in [-0.39, 0.29) is 74.9 Å². The second kappa shape index (κ2) is 33.4. The topological polar surface area (TPSA) is 341 Å². The highest BCUT2D eigenvalue weighted by atomic mass is 16.5. The number of fused-ring (bicyclic) bond motifs is 4. The van der Waals surface area contributed by atoms with Crippen molar-refractivity contribution >= 4 is 92.7 Å². The molecule has 1 saturated carbocycles. The standard InChI is InChI=1S/C74H88N14O14/c1-46(2)65-70(97)75-38-53(81-68(95)63-57(101-44-47-22-9-7-10-23-47)36-49-26-13-15-28-51(49)79-63)71(98)87-34-19-17-30-55(87)66(93)77-41-60(90)84(4)43-62(92)86(6)74(32-21-33-74)73(100)78-39-54(72(99)88-35-20-18-31-56(88)67(94)76-40-59(89)83(3)42-61(91)85(65)5)82-69(96)64-58(102-45-48-24-11-8-12-25-48)37-50-27-14-16-29-52(50)80-64/h7-16,22-29,36-37,46,53-56,65H,17-21,30-35,38-45H2,1-6H3,(H,75,97)(H,76,94)(H,77,93)(H,78,100)(H,81,95)(H,82,96)/t53-,54-,55+,56+,65+/m1/s1. The fourth-order valence-electron chi connectivity index (χ4n) is 13.2. The largest absolute Gasteiger partial charge is 0.486 e. The van der Waals surface area contributed by atoms with Gasteiger partial charge in [0.05, 0.1) is 37.2 Å². The first-order valence-corrected chi connectivity index (χ1v) is 34.5. The van der Waals surface area contributed by atoms with Crippen LogP contribution >= 0.6 is 0 Å². The number of rotatable bonds is 11. The van der Waals surface area contributed by atoms with Crippen molar-refractivity contribution in [2.75, 3.05) is 80.5 Å². The van der Waals surface area contributed by atoms with Gasteiger partial charge in [-0.3, -0.25) is 57.5 Å². The summed E-state index contributed by atoms with van der Waals surface area (Å²) in [6.45, 7) is 0.0946. The molecule has 4 aromatic carbocycles. The summed E-state index contributed by atoms with van der Waals surface area (Å²) >= 11 is 0. The van der Waals surface area contributed by atoms with Gasteiger partial charge in [0, 0.05) is 65.1 Å². The van der Waals surface area contributed by atoms with Crippen molar-refractivity contribution in [1.29, 1.82) is 0 Å². The Labute approximate surface area is 590 Å². The number of benzene rings is 4. The van der Waals surface area contributed by atoms with Crippen molar-refractivity contribution in [1.82, 2.24) is 71.3 Å². The van der Waals surface area contributed by atoms with Crippen LogP contribution in [0.3, 0.4) is 0 Å². The van der Waals surface area contributed by atoms with Gasteiger partial charge >= 0.3 is 0 Å². The van der Waals surface area contributed by atoms with Crippen LogP contribution in [0.15, 0.2) is 121 Å². The van der Waals surface area contributed by atoms with E-state index >= 15 is 9.59 Å². The van der Waals surface area contributed by atoms with Crippen LogP contribution in [0.5, 0.6) is 11.5 Å². The third-order valence-electron chi connectivity index (χ3n) is 19.4. The Balaban J connectivity index is 0.924. The predicted molar refractivity (Wildman–Crippen MR) is 374 cm³/mol. The maximum atomic E-state index is 15.2. The van der Waals surface area contributed by atoms with E-state index in [2.05, 4.69) is 41.9 Å². The fourth-order valence-corrected chi connectivity index (χ4v) is 13.2. The van der Waals surface area contributed by atoms with Crippen LogP contribution in [-0.2, 0) is 61.2 Å². The van der Waals surface area contributed by atoms with Crippen LogP contribution < -0.4 is 41.4 Å². The molecule has 3 saturated heterocycles. The monoisotopic (exact) mass is 1400 g/mol. The molecule has 6 aromatic rings. The number of pyridine rings is 2. The minimum Gasteiger partial charge on any atom is -0.486 e. The summed E-state index contributed by atoms with van der Waals surface area (Å²) in [7, 11) is 5.49. The van der Waals surface area contributed by atoms with Gasteiger partial charge in [0.15, 0.2) is 22.9 Å². The van der Waals surface area contributed by atoms with Gasteiger partial charge in [0.1, 0.15) is 49.0 Å². The molecule has 1 aliphatic carbocycles. The summed E-state index contributed by atoms with van der Waals surface area (Å²) in [5.41, 5.74) is 0.621. The Hall–Kier alpha value is -11.1. The minimum absolute atomic E-state index is 0.0297. The van der Waals surface area contributed by atoms with E-state index in [1.54, 1.807) is 74.5 Å². The molecule has 28 heteroatoms. The number of likely N-dealkylation sites (N-methyl/N-ethyl adjacent to an activating group) is 4. The molecule has 102 heavy (non-hydrogen) atoms. The number of ether oxygens (including phenoxy) is 2. The smallest absolute Gasteiger partial charge is 0.274 e. The van der Waals surface area contributed by atoms with E-state index in [0.717, 1.165) is 25.8 Å². The van der Waals surface area contributed by atoms with E-state index in [1.165, 1.54) is 42.9 Å². The van der Waals surface area contributed by atoms with E-state index in [4.69, 9.17) is 9.47 Å². The lowest BCUT2D eigenvalue weighted by atomic mass is 9.74. The first-order valence-electron chi connectivity index (χ1n) is 34.5. The number of piperidine rings is 2. The molecule has 538 valence electrons. The minimum atomic E-state index is -1.58. The normalized spacial score (nSPS) is 21.6. The van der Waals surface area contributed by atoms with E-state index < -0.39 is 152 Å². The van der Waals surface area contributed by atoms with Crippen molar-refractivity contribution in [2.45, 2.75) is 121 Å². The third-order valence-corrected chi connectivity index (χ3v) is 19.4. The lowest BCUT2D eigenvalue weighted by molar-refractivity contribution is -0.153. The fraction of sp³-hybridized carbons (Fsp3) is 0.432. The number of nitrogens with one attached hydrogen (secondary N) is 6. The zero-order valence-electron chi connectivity index (χ0n) is 58.2. The van der Waals surface area contributed by atoms with E-state index in [9.17, 15) is 47.9 Å². The number of hydrogen-bond acceptors (Lipinski definition) is 16. The number of para-hydroxylation sites is 2. The van der Waals surface area contributed by atoms with E-state index in [1.807, 2.05) is 60.7 Å². The Morgan fingerprint density at radius 3 is 1.39 bits per heavy atom. The molecule has 5 atom stereocenters. The Kier molecular flexibility index (Phi) is 24.1. The Morgan fingerprint density at radius 1 is 0.520 bits per heavy atom. The third kappa shape index (κ3) is 17.4. The quantitative estimate of drug-likeness (QED) is 0.109. The number of hydrogen-bond donors (Lipinski definition) is 6. The number of carbonyl (C=O) groups is 12. The molecule has 10 rings (SSSR count). The molecule has 5 heterocycles. The maximum absolute atomic E-state index is 15.2. The van der Waals surface area contributed by atoms with Gasteiger partial charge in [-0.15, -0.1) is 0 Å². The van der Waals surface area contributed by atoms with Gasteiger partial charge < -0.3 is 70.8 Å². The molecule has 4 fully saturated rings. The molecule has 0 unspecified atom stereocenters. The molecule has 3 aliphatic heterocycles. The molecule has 28 nitrogen and oxygen atoms in total. The van der Waals surface area contributed by atoms with Gasteiger partial charge in [0.25, 0.3) is 11.8 Å². The maximum Gasteiger partial charge on any atom is 0.274 e. The number of nitrogens with zero attached hydrogens (tertiary/aromatic N) is 8. The van der Waals surface area contributed by atoms with Gasteiger partial charge in [-0.05, 0) is 99.1 Å². The van der Waals surface area contributed by atoms with Crippen molar-refractivity contribution in [3.8, 4) is 11.5 Å². The molecule has 12 amide bonds. The highest BCUT2D eigenvalue weighted by molar-refractivity contribution is 6.04. The second-order valence-corrected chi connectivity index (χ2v) is 26.7. The SMILES string of the molecule is CC(C)[C@H]1C(=O)NC[C@@H](NC(=O)c2nc3ccccc3cc2OCc2ccccc2)C(=O)N2CCCC[C@H]2C(=O)NCC(=O)N(C)CC(=O)N(C)C2(CCC2)C(=O)NC[C@@H](NC(=O)c2nc3ccccc3cc2OCc2ccccc2)C(=O)N2CCCC[C@H]2C(=O)NCC(=O)N(C)CC(=O)N1C. The van der Waals surface area contributed by atoms with Crippen LogP contribution in [0, 0.1) is 5.92 Å². The van der Waals surface area contributed by atoms with Crippen molar-refractivity contribution < 1.29 is 67.0 Å². The summed E-state index contributed by atoms with van der Waals surface area (Å²) in [6.07, 6.45) is 3.07. The first-order chi connectivity index (χ1) is 49.0. The van der Waals surface area contributed by atoms with Crippen LogP contribution in [0.25, 0.3) is 21.8 Å². The average molecular weight is 1400 g/mol. The molecule has 4 aliphatic rings. The summed E-state index contributed by atoms with van der Waals surface area (Å²) < 4.78 is 12.5. The number of aromatic nitrogens is 2. The molecular weight excluding hydrogens is 1310 g/mol. The molecule has 6 N–H and O–H groups in total. The predicted octanol–water partition coefficient (Wildman–Crippen LogP) is 2.86. The molecule has 0 bridgehead atoms. The Bertz CT molecular complexity index is 4130. The highest BCUT2D eigenvalue weighted by Crippen LogP contribution is 2.38. The van der Waals surface area contributed by atoms with Gasteiger partial charge in [0.2, 0.25) is 59.1 Å². The van der Waals surface area contributed by atoms with Crippen LogP contribution in [0.4, 0.5) is 0 Å². The van der Waals surface area contributed by atoms with Crippen molar-refractivity contribution in [3.05, 3.63) is 144 Å². The summed E-state index contributed by atoms with van der Waals surface area (Å²) in [5, 5.41) is 17.7. The average Bonchev–Trinajstić information content (AvgIpc) is 0.767. The number of carbonyl (C=O) groups excluding carboxylic acids is 12. The molecule has 1 spiro atoms. The molecule has 2 aromatic heterocycles. The first kappa shape index (κ1) is 73.7. The van der Waals surface area contributed by atoms with Gasteiger partial charge in [-0.1, -0.05) is 111 Å². The summed E-state index contributed by atoms with van der Waals surface area (Å²) in [5.74, 6) is -9.22. The Morgan fingerprint density at radius 2 is 0.951 bits per heavy atom. The van der Waals surface area contributed by atoms with Gasteiger partial charge in [-0.2, -0.15) is 0 Å². The van der Waals surface area contributed by atoms with Crippen LogP contribution in [0.1, 0.15) is 104 Å². The lowest BCUT2D eigenvalue weighted by Gasteiger charge is -2.47. The van der Waals surface area contributed by atoms with Crippen LogP contribution in [-0.4, -0.2) is 227 Å². The highest BCUT2D eigenvalue weighted by Gasteiger charge is 2.50. The zero-order valence-corrected chi connectivity index (χ0v) is 58.2. The van der Waals surface area contributed by atoms with Crippen molar-refractivity contribution in [3.63, 3.8) is 0 Å². The van der Waals surface area contributed by atoms with E-state index in [0.29, 0.717) is 53.9 Å². The van der Waals surface area contributed by atoms with Crippen LogP contribution in [0.2, 0.25) is 0 Å². The van der Waals surface area contributed by atoms with Gasteiger partial charge in [-0.25, -0.2) is 9.97 Å². The zero-order chi connectivity index (χ0) is 72.8. The molecular formula is C74H88N14O14. The lowest BCUT2D eigenvalue weighted by Crippen LogP contribution is -2.66.